The lowest BCUT2D eigenvalue weighted by Crippen LogP contribution is -2.43. The van der Waals surface area contributed by atoms with Crippen molar-refractivity contribution < 1.29 is 9.21 Å². The van der Waals surface area contributed by atoms with Gasteiger partial charge in [0.1, 0.15) is 5.52 Å². The van der Waals surface area contributed by atoms with Crippen molar-refractivity contribution in [3.8, 4) is 0 Å². The quantitative estimate of drug-likeness (QED) is 0.908. The molecule has 1 heterocycles. The number of benzene rings is 1. The molecule has 5 nitrogen and oxygen atoms in total. The van der Waals surface area contributed by atoms with Crippen LogP contribution in [0.4, 0.5) is 0 Å². The van der Waals surface area contributed by atoms with Gasteiger partial charge in [-0.05, 0) is 30.5 Å². The summed E-state index contributed by atoms with van der Waals surface area (Å²) >= 11 is 0. The molecular formula is C14H17N3O2. The molecule has 1 aromatic carbocycles. The molecule has 1 aliphatic rings. The number of nitrogens with two attached hydrogens (primary N) is 1. The molecule has 19 heavy (non-hydrogen) atoms. The standard InChI is InChI=1S/C14H17N3O2/c1-9-16-11-4-3-10(7-12(11)19-9)8-17(2)13(18)14(15)5-6-14/h3-4,7H,5-6,8,15H2,1-2H3. The number of carbonyl (C=O) groups is 1. The molecule has 5 heteroatoms. The van der Waals surface area contributed by atoms with Gasteiger partial charge in [0.15, 0.2) is 11.5 Å². The number of rotatable bonds is 3. The number of aromatic nitrogens is 1. The van der Waals surface area contributed by atoms with Crippen molar-refractivity contribution in [3.05, 3.63) is 29.7 Å². The molecule has 0 bridgehead atoms. The highest BCUT2D eigenvalue weighted by atomic mass is 16.3. The Labute approximate surface area is 111 Å². The zero-order valence-corrected chi connectivity index (χ0v) is 11.1. The van der Waals surface area contributed by atoms with Gasteiger partial charge in [-0.1, -0.05) is 6.07 Å². The molecule has 1 saturated carbocycles. The monoisotopic (exact) mass is 259 g/mol. The summed E-state index contributed by atoms with van der Waals surface area (Å²) in [5.74, 6) is 0.664. The van der Waals surface area contributed by atoms with E-state index in [4.69, 9.17) is 10.2 Å². The highest BCUT2D eigenvalue weighted by Gasteiger charge is 2.47. The SMILES string of the molecule is Cc1nc2ccc(CN(C)C(=O)C3(N)CC3)cc2o1. The van der Waals surface area contributed by atoms with Crippen molar-refractivity contribution in [2.75, 3.05) is 7.05 Å². The number of amides is 1. The molecule has 3 rings (SSSR count). The van der Waals surface area contributed by atoms with Gasteiger partial charge < -0.3 is 15.1 Å². The van der Waals surface area contributed by atoms with Crippen molar-refractivity contribution in [2.45, 2.75) is 31.8 Å². The van der Waals surface area contributed by atoms with Crippen LogP contribution >= 0.6 is 0 Å². The molecule has 1 amide bonds. The first kappa shape index (κ1) is 12.2. The number of carbonyl (C=O) groups excluding carboxylic acids is 1. The van der Waals surface area contributed by atoms with Gasteiger partial charge in [0.05, 0.1) is 5.54 Å². The summed E-state index contributed by atoms with van der Waals surface area (Å²) in [5.41, 5.74) is 7.92. The first-order valence-electron chi connectivity index (χ1n) is 6.38. The molecule has 0 unspecified atom stereocenters. The zero-order chi connectivity index (χ0) is 13.6. The Morgan fingerprint density at radius 1 is 1.53 bits per heavy atom. The third-order valence-corrected chi connectivity index (χ3v) is 3.54. The number of hydrogen-bond donors (Lipinski definition) is 1. The lowest BCUT2D eigenvalue weighted by Gasteiger charge is -2.20. The fraction of sp³-hybridized carbons (Fsp3) is 0.429. The van der Waals surface area contributed by atoms with Gasteiger partial charge >= 0.3 is 0 Å². The predicted octanol–water partition coefficient (Wildman–Crippen LogP) is 1.59. The summed E-state index contributed by atoms with van der Waals surface area (Å²) in [7, 11) is 1.78. The maximum Gasteiger partial charge on any atom is 0.242 e. The Balaban J connectivity index is 1.79. The normalized spacial score (nSPS) is 16.6. The molecule has 0 aliphatic heterocycles. The van der Waals surface area contributed by atoms with E-state index in [0.29, 0.717) is 12.4 Å². The molecule has 1 fully saturated rings. The summed E-state index contributed by atoms with van der Waals surface area (Å²) < 4.78 is 5.49. The van der Waals surface area contributed by atoms with Gasteiger partial charge in [-0.3, -0.25) is 4.79 Å². The Bertz CT molecular complexity index is 643. The third-order valence-electron chi connectivity index (χ3n) is 3.54. The summed E-state index contributed by atoms with van der Waals surface area (Å²) in [6.07, 6.45) is 1.58. The van der Waals surface area contributed by atoms with Crippen LogP contribution in [-0.4, -0.2) is 28.4 Å². The molecule has 2 N–H and O–H groups in total. The zero-order valence-electron chi connectivity index (χ0n) is 11.1. The van der Waals surface area contributed by atoms with Gasteiger partial charge in [-0.2, -0.15) is 0 Å². The second-order valence-corrected chi connectivity index (χ2v) is 5.35. The highest BCUT2D eigenvalue weighted by Crippen LogP contribution is 2.34. The van der Waals surface area contributed by atoms with Crippen LogP contribution in [0.1, 0.15) is 24.3 Å². The Morgan fingerprint density at radius 2 is 2.26 bits per heavy atom. The number of oxazole rings is 1. The minimum Gasteiger partial charge on any atom is -0.441 e. The molecule has 1 aromatic heterocycles. The number of fused-ring (bicyclic) bond motifs is 1. The maximum absolute atomic E-state index is 12.1. The van der Waals surface area contributed by atoms with Gasteiger partial charge in [0.2, 0.25) is 5.91 Å². The largest absolute Gasteiger partial charge is 0.441 e. The topological polar surface area (TPSA) is 72.4 Å². The van der Waals surface area contributed by atoms with Crippen LogP contribution in [0.2, 0.25) is 0 Å². The predicted molar refractivity (Wildman–Crippen MR) is 71.4 cm³/mol. The number of aryl methyl sites for hydroxylation is 1. The van der Waals surface area contributed by atoms with E-state index < -0.39 is 5.54 Å². The smallest absolute Gasteiger partial charge is 0.242 e. The number of likely N-dealkylation sites (N-methyl/N-ethyl adjacent to an activating group) is 1. The average Bonchev–Trinajstić information content (AvgIpc) is 2.99. The van der Waals surface area contributed by atoms with Gasteiger partial charge in [-0.15, -0.1) is 0 Å². The Hall–Kier alpha value is -1.88. The van der Waals surface area contributed by atoms with Crippen LogP contribution in [0.5, 0.6) is 0 Å². The highest BCUT2D eigenvalue weighted by molar-refractivity contribution is 5.88. The van der Waals surface area contributed by atoms with E-state index in [2.05, 4.69) is 4.98 Å². The maximum atomic E-state index is 12.1. The lowest BCUT2D eigenvalue weighted by molar-refractivity contribution is -0.132. The minimum absolute atomic E-state index is 0.0151. The molecule has 0 atom stereocenters. The van der Waals surface area contributed by atoms with Crippen LogP contribution in [0, 0.1) is 6.92 Å². The molecule has 0 saturated heterocycles. The van der Waals surface area contributed by atoms with Crippen molar-refractivity contribution in [1.29, 1.82) is 0 Å². The summed E-state index contributed by atoms with van der Waals surface area (Å²) in [6, 6.07) is 5.80. The van der Waals surface area contributed by atoms with E-state index in [1.165, 1.54) is 0 Å². The number of nitrogens with zero attached hydrogens (tertiary/aromatic N) is 2. The van der Waals surface area contributed by atoms with Crippen molar-refractivity contribution in [2.24, 2.45) is 5.73 Å². The fourth-order valence-electron chi connectivity index (χ4n) is 2.26. The first-order valence-corrected chi connectivity index (χ1v) is 6.38. The number of hydrogen-bond acceptors (Lipinski definition) is 4. The van der Waals surface area contributed by atoms with Crippen molar-refractivity contribution >= 4 is 17.0 Å². The van der Waals surface area contributed by atoms with Gasteiger partial charge in [-0.25, -0.2) is 4.98 Å². The van der Waals surface area contributed by atoms with E-state index >= 15 is 0 Å². The minimum atomic E-state index is -0.609. The van der Waals surface area contributed by atoms with E-state index in [9.17, 15) is 4.79 Å². The Kier molecular flexibility index (Phi) is 2.60. The Morgan fingerprint density at radius 3 is 2.95 bits per heavy atom. The van der Waals surface area contributed by atoms with Crippen LogP contribution < -0.4 is 5.73 Å². The average molecular weight is 259 g/mol. The summed E-state index contributed by atoms with van der Waals surface area (Å²) in [5, 5.41) is 0. The van der Waals surface area contributed by atoms with Gasteiger partial charge in [0.25, 0.3) is 0 Å². The molecular weight excluding hydrogens is 242 g/mol. The third kappa shape index (κ3) is 2.21. The fourth-order valence-corrected chi connectivity index (χ4v) is 2.26. The molecule has 1 aliphatic carbocycles. The van der Waals surface area contributed by atoms with Crippen LogP contribution in [0.3, 0.4) is 0 Å². The summed E-state index contributed by atoms with van der Waals surface area (Å²) in [6.45, 7) is 2.36. The first-order chi connectivity index (χ1) is 8.98. The van der Waals surface area contributed by atoms with E-state index in [-0.39, 0.29) is 5.91 Å². The summed E-state index contributed by atoms with van der Waals surface area (Å²) in [4.78, 5) is 18.0. The van der Waals surface area contributed by atoms with Crippen molar-refractivity contribution in [1.82, 2.24) is 9.88 Å². The van der Waals surface area contributed by atoms with Crippen LogP contribution in [-0.2, 0) is 11.3 Å². The molecule has 2 aromatic rings. The van der Waals surface area contributed by atoms with Crippen LogP contribution in [0.25, 0.3) is 11.1 Å². The molecule has 100 valence electrons. The molecule has 0 spiro atoms. The second-order valence-electron chi connectivity index (χ2n) is 5.35. The second kappa shape index (κ2) is 4.06. The van der Waals surface area contributed by atoms with E-state index in [1.54, 1.807) is 11.9 Å². The lowest BCUT2D eigenvalue weighted by atomic mass is 10.1. The van der Waals surface area contributed by atoms with Gasteiger partial charge in [0, 0.05) is 20.5 Å². The van der Waals surface area contributed by atoms with E-state index in [1.807, 2.05) is 25.1 Å². The van der Waals surface area contributed by atoms with Crippen LogP contribution in [0.15, 0.2) is 22.6 Å². The molecule has 0 radical (unpaired) electrons. The van der Waals surface area contributed by atoms with E-state index in [0.717, 1.165) is 29.5 Å². The van der Waals surface area contributed by atoms with Crippen molar-refractivity contribution in [3.63, 3.8) is 0 Å².